The zero-order chi connectivity index (χ0) is 12.7. The molecule has 0 radical (unpaired) electrons. The summed E-state index contributed by atoms with van der Waals surface area (Å²) in [6.45, 7) is 7.01. The lowest BCUT2D eigenvalue weighted by Gasteiger charge is -2.15. The van der Waals surface area contributed by atoms with Crippen LogP contribution in [0.25, 0.3) is 0 Å². The molecule has 100 valence electrons. The smallest absolute Gasteiger partial charge is 0.222 e. The van der Waals surface area contributed by atoms with Gasteiger partial charge in [0.15, 0.2) is 0 Å². The second kappa shape index (κ2) is 7.67. The van der Waals surface area contributed by atoms with Gasteiger partial charge in [0.2, 0.25) is 5.91 Å². The lowest BCUT2D eigenvalue weighted by atomic mass is 10.0. The van der Waals surface area contributed by atoms with E-state index in [9.17, 15) is 4.79 Å². The van der Waals surface area contributed by atoms with Crippen molar-refractivity contribution in [3.63, 3.8) is 0 Å². The molecule has 1 unspecified atom stereocenters. The van der Waals surface area contributed by atoms with E-state index in [2.05, 4.69) is 22.9 Å². The van der Waals surface area contributed by atoms with E-state index in [-0.39, 0.29) is 11.8 Å². The first kappa shape index (κ1) is 14.5. The van der Waals surface area contributed by atoms with E-state index in [4.69, 9.17) is 0 Å². The number of rotatable bonds is 7. The van der Waals surface area contributed by atoms with E-state index < -0.39 is 0 Å². The minimum absolute atomic E-state index is 0.148. The number of hydrogen-bond acceptors (Lipinski definition) is 3. The quantitative estimate of drug-likeness (QED) is 0.616. The third-order valence-corrected chi connectivity index (χ3v) is 3.50. The monoisotopic (exact) mass is 241 g/mol. The lowest BCUT2D eigenvalue weighted by Crippen LogP contribution is -2.39. The Bertz CT molecular complexity index is 233. The summed E-state index contributed by atoms with van der Waals surface area (Å²) < 4.78 is 0. The molecule has 0 aromatic rings. The van der Waals surface area contributed by atoms with Crippen LogP contribution in [0.3, 0.4) is 0 Å². The van der Waals surface area contributed by atoms with E-state index in [1.165, 1.54) is 0 Å². The predicted molar refractivity (Wildman–Crippen MR) is 70.9 cm³/mol. The van der Waals surface area contributed by atoms with Crippen LogP contribution in [0.5, 0.6) is 0 Å². The van der Waals surface area contributed by atoms with Crippen LogP contribution in [0.4, 0.5) is 0 Å². The molecule has 0 bridgehead atoms. The maximum absolute atomic E-state index is 11.7. The van der Waals surface area contributed by atoms with Gasteiger partial charge in [0.1, 0.15) is 0 Å². The molecule has 4 heteroatoms. The molecule has 4 nitrogen and oxygen atoms in total. The molecular weight excluding hydrogens is 214 g/mol. The van der Waals surface area contributed by atoms with Crippen LogP contribution in [-0.4, -0.2) is 38.6 Å². The van der Waals surface area contributed by atoms with Crippen molar-refractivity contribution in [2.75, 3.05) is 26.7 Å². The Morgan fingerprint density at radius 3 is 2.88 bits per heavy atom. The van der Waals surface area contributed by atoms with Gasteiger partial charge in [0, 0.05) is 18.5 Å². The third-order valence-electron chi connectivity index (χ3n) is 3.50. The molecule has 1 fully saturated rings. The third kappa shape index (κ3) is 5.04. The molecule has 1 rings (SSSR count). The fourth-order valence-corrected chi connectivity index (χ4v) is 2.46. The van der Waals surface area contributed by atoms with Crippen molar-refractivity contribution < 1.29 is 4.79 Å². The highest BCUT2D eigenvalue weighted by molar-refractivity contribution is 5.78. The molecule has 0 aliphatic carbocycles. The van der Waals surface area contributed by atoms with Crippen LogP contribution in [0.2, 0.25) is 0 Å². The fraction of sp³-hybridized carbons (Fsp3) is 0.923. The Morgan fingerprint density at radius 1 is 1.47 bits per heavy atom. The number of carbonyl (C=O) groups excluding carboxylic acids is 1. The van der Waals surface area contributed by atoms with Crippen LogP contribution in [0.1, 0.15) is 33.1 Å². The van der Waals surface area contributed by atoms with Crippen molar-refractivity contribution in [3.05, 3.63) is 0 Å². The molecular formula is C13H27N3O. The second-order valence-corrected chi connectivity index (χ2v) is 5.20. The minimum atomic E-state index is 0.148. The van der Waals surface area contributed by atoms with Crippen LogP contribution < -0.4 is 16.0 Å². The fourth-order valence-electron chi connectivity index (χ4n) is 2.46. The van der Waals surface area contributed by atoms with E-state index >= 15 is 0 Å². The SMILES string of the molecule is CCCC(C)C(=O)NC[C@@H]1C[C@H](CNC)CN1. The summed E-state index contributed by atoms with van der Waals surface area (Å²) >= 11 is 0. The highest BCUT2D eigenvalue weighted by Gasteiger charge is 2.24. The van der Waals surface area contributed by atoms with E-state index in [1.807, 2.05) is 14.0 Å². The number of amides is 1. The number of hydrogen-bond donors (Lipinski definition) is 3. The van der Waals surface area contributed by atoms with Crippen LogP contribution in [0, 0.1) is 11.8 Å². The zero-order valence-corrected chi connectivity index (χ0v) is 11.4. The molecule has 0 spiro atoms. The number of carbonyl (C=O) groups is 1. The summed E-state index contributed by atoms with van der Waals surface area (Å²) in [6, 6.07) is 0.450. The Hall–Kier alpha value is -0.610. The van der Waals surface area contributed by atoms with Crippen molar-refractivity contribution in [2.45, 2.75) is 39.2 Å². The summed E-state index contributed by atoms with van der Waals surface area (Å²) in [5, 5.41) is 9.72. The van der Waals surface area contributed by atoms with Gasteiger partial charge in [-0.15, -0.1) is 0 Å². The van der Waals surface area contributed by atoms with Gasteiger partial charge in [0.25, 0.3) is 0 Å². The molecule has 0 aromatic heterocycles. The highest BCUT2D eigenvalue weighted by atomic mass is 16.1. The normalized spacial score (nSPS) is 25.8. The van der Waals surface area contributed by atoms with Gasteiger partial charge < -0.3 is 16.0 Å². The summed E-state index contributed by atoms with van der Waals surface area (Å²) in [4.78, 5) is 11.7. The van der Waals surface area contributed by atoms with Crippen molar-refractivity contribution in [1.82, 2.24) is 16.0 Å². The average molecular weight is 241 g/mol. The van der Waals surface area contributed by atoms with Gasteiger partial charge in [-0.1, -0.05) is 20.3 Å². The maximum Gasteiger partial charge on any atom is 0.222 e. The Morgan fingerprint density at radius 2 is 2.24 bits per heavy atom. The maximum atomic E-state index is 11.7. The summed E-state index contributed by atoms with van der Waals surface area (Å²) in [5.41, 5.74) is 0. The van der Waals surface area contributed by atoms with Crippen molar-refractivity contribution >= 4 is 5.91 Å². The lowest BCUT2D eigenvalue weighted by molar-refractivity contribution is -0.124. The van der Waals surface area contributed by atoms with Crippen LogP contribution >= 0.6 is 0 Å². The molecule has 17 heavy (non-hydrogen) atoms. The molecule has 1 aliphatic rings. The first-order chi connectivity index (χ1) is 8.17. The molecule has 0 saturated carbocycles. The van der Waals surface area contributed by atoms with Crippen molar-refractivity contribution in [2.24, 2.45) is 11.8 Å². The van der Waals surface area contributed by atoms with Crippen LogP contribution in [0.15, 0.2) is 0 Å². The highest BCUT2D eigenvalue weighted by Crippen LogP contribution is 2.12. The summed E-state index contributed by atoms with van der Waals surface area (Å²) in [6.07, 6.45) is 3.20. The molecule has 0 aromatic carbocycles. The van der Waals surface area contributed by atoms with Gasteiger partial charge in [0.05, 0.1) is 0 Å². The standard InChI is InChI=1S/C13H27N3O/c1-4-5-10(2)13(17)16-9-12-6-11(7-14-3)8-15-12/h10-12,14-15H,4-9H2,1-3H3,(H,16,17)/t10?,11-,12+/m1/s1. The minimum Gasteiger partial charge on any atom is -0.354 e. The van der Waals surface area contributed by atoms with Crippen molar-refractivity contribution in [1.29, 1.82) is 0 Å². The Kier molecular flexibility index (Phi) is 6.52. The molecule has 3 N–H and O–H groups in total. The van der Waals surface area contributed by atoms with Gasteiger partial charge in [-0.3, -0.25) is 4.79 Å². The van der Waals surface area contributed by atoms with Gasteiger partial charge >= 0.3 is 0 Å². The summed E-state index contributed by atoms with van der Waals surface area (Å²) in [5.74, 6) is 1.05. The van der Waals surface area contributed by atoms with Gasteiger partial charge in [-0.25, -0.2) is 0 Å². The molecule has 1 amide bonds. The first-order valence-electron chi connectivity index (χ1n) is 6.83. The topological polar surface area (TPSA) is 53.2 Å². The second-order valence-electron chi connectivity index (χ2n) is 5.20. The Labute approximate surface area is 105 Å². The van der Waals surface area contributed by atoms with Crippen molar-refractivity contribution in [3.8, 4) is 0 Å². The average Bonchev–Trinajstić information content (AvgIpc) is 2.74. The van der Waals surface area contributed by atoms with E-state index in [1.54, 1.807) is 0 Å². The number of nitrogens with one attached hydrogen (secondary N) is 3. The molecule has 1 saturated heterocycles. The van der Waals surface area contributed by atoms with Gasteiger partial charge in [-0.05, 0) is 38.9 Å². The molecule has 3 atom stereocenters. The van der Waals surface area contributed by atoms with Gasteiger partial charge in [-0.2, -0.15) is 0 Å². The first-order valence-corrected chi connectivity index (χ1v) is 6.83. The van der Waals surface area contributed by atoms with Crippen LogP contribution in [-0.2, 0) is 4.79 Å². The zero-order valence-electron chi connectivity index (χ0n) is 11.4. The Balaban J connectivity index is 2.16. The van der Waals surface area contributed by atoms with E-state index in [0.717, 1.165) is 38.9 Å². The predicted octanol–water partition coefficient (Wildman–Crippen LogP) is 0.736. The summed E-state index contributed by atoms with van der Waals surface area (Å²) in [7, 11) is 1.99. The van der Waals surface area contributed by atoms with E-state index in [0.29, 0.717) is 12.0 Å². The molecule has 1 heterocycles. The largest absolute Gasteiger partial charge is 0.354 e. The molecule has 1 aliphatic heterocycles.